The molecule has 1 saturated heterocycles. The van der Waals surface area contributed by atoms with Crippen LogP contribution in [0.15, 0.2) is 24.3 Å². The van der Waals surface area contributed by atoms with E-state index in [9.17, 15) is 5.11 Å². The molecule has 4 nitrogen and oxygen atoms in total. The lowest BCUT2D eigenvalue weighted by Crippen LogP contribution is -2.27. The quantitative estimate of drug-likeness (QED) is 0.766. The summed E-state index contributed by atoms with van der Waals surface area (Å²) >= 11 is 0. The zero-order chi connectivity index (χ0) is 14.2. The van der Waals surface area contributed by atoms with E-state index in [2.05, 4.69) is 24.4 Å². The Labute approximate surface area is 121 Å². The molecule has 2 rings (SSSR count). The number of nitrogens with one attached hydrogen (secondary N) is 1. The Kier molecular flexibility index (Phi) is 6.30. The molecule has 0 aromatic heterocycles. The maximum atomic E-state index is 9.86. The highest BCUT2D eigenvalue weighted by molar-refractivity contribution is 5.44. The molecule has 0 bridgehead atoms. The monoisotopic (exact) mass is 279 g/mol. The lowest BCUT2D eigenvalue weighted by atomic mass is 10.1. The van der Waals surface area contributed by atoms with E-state index in [0.29, 0.717) is 19.8 Å². The summed E-state index contributed by atoms with van der Waals surface area (Å²) in [5, 5.41) is 13.1. The summed E-state index contributed by atoms with van der Waals surface area (Å²) in [5.74, 6) is 0. The van der Waals surface area contributed by atoms with Crippen LogP contribution in [0, 0.1) is 0 Å². The first-order valence-electron chi connectivity index (χ1n) is 7.48. The summed E-state index contributed by atoms with van der Waals surface area (Å²) in [6.45, 7) is 4.41. The Bertz CT molecular complexity index is 374. The molecule has 1 aliphatic rings. The van der Waals surface area contributed by atoms with Crippen molar-refractivity contribution < 1.29 is 14.6 Å². The van der Waals surface area contributed by atoms with Crippen LogP contribution in [0.2, 0.25) is 0 Å². The number of hydrogen-bond donors (Lipinski definition) is 2. The molecule has 1 aromatic carbocycles. The van der Waals surface area contributed by atoms with E-state index in [-0.39, 0.29) is 6.10 Å². The second-order valence-corrected chi connectivity index (χ2v) is 5.26. The highest BCUT2D eigenvalue weighted by Crippen LogP contribution is 2.12. The summed E-state index contributed by atoms with van der Waals surface area (Å²) in [5.41, 5.74) is 2.34. The fourth-order valence-electron chi connectivity index (χ4n) is 2.26. The van der Waals surface area contributed by atoms with E-state index in [0.717, 1.165) is 31.6 Å². The summed E-state index contributed by atoms with van der Waals surface area (Å²) in [6.07, 6.45) is 2.95. The Morgan fingerprint density at radius 1 is 1.40 bits per heavy atom. The van der Waals surface area contributed by atoms with Crippen molar-refractivity contribution in [2.24, 2.45) is 0 Å². The first-order valence-corrected chi connectivity index (χ1v) is 7.48. The summed E-state index contributed by atoms with van der Waals surface area (Å²) in [7, 11) is 0. The van der Waals surface area contributed by atoms with Crippen molar-refractivity contribution >= 4 is 5.69 Å². The van der Waals surface area contributed by atoms with Gasteiger partial charge in [-0.15, -0.1) is 0 Å². The first kappa shape index (κ1) is 15.3. The van der Waals surface area contributed by atoms with Crippen molar-refractivity contribution in [2.75, 3.05) is 31.7 Å². The third-order valence-electron chi connectivity index (χ3n) is 3.54. The van der Waals surface area contributed by atoms with Crippen LogP contribution in [-0.2, 0) is 15.9 Å². The second kappa shape index (κ2) is 8.25. The molecule has 112 valence electrons. The van der Waals surface area contributed by atoms with Crippen LogP contribution in [0.4, 0.5) is 5.69 Å². The Morgan fingerprint density at radius 2 is 2.20 bits per heavy atom. The highest BCUT2D eigenvalue weighted by atomic mass is 16.5. The van der Waals surface area contributed by atoms with Crippen LogP contribution in [0.25, 0.3) is 0 Å². The van der Waals surface area contributed by atoms with Gasteiger partial charge in [-0.05, 0) is 37.0 Å². The molecule has 0 spiro atoms. The van der Waals surface area contributed by atoms with Crippen molar-refractivity contribution in [3.05, 3.63) is 29.8 Å². The van der Waals surface area contributed by atoms with E-state index < -0.39 is 6.10 Å². The van der Waals surface area contributed by atoms with Crippen LogP contribution in [0.5, 0.6) is 0 Å². The molecule has 0 aliphatic carbocycles. The molecular weight excluding hydrogens is 254 g/mol. The molecule has 20 heavy (non-hydrogen) atoms. The molecule has 4 heteroatoms. The van der Waals surface area contributed by atoms with Gasteiger partial charge >= 0.3 is 0 Å². The third kappa shape index (κ3) is 5.12. The average molecular weight is 279 g/mol. The predicted octanol–water partition coefficient (Wildman–Crippen LogP) is 2.22. The van der Waals surface area contributed by atoms with Crippen LogP contribution in [-0.4, -0.2) is 43.7 Å². The number of ether oxygens (including phenoxy) is 2. The zero-order valence-corrected chi connectivity index (χ0v) is 12.2. The fourth-order valence-corrected chi connectivity index (χ4v) is 2.26. The van der Waals surface area contributed by atoms with E-state index in [4.69, 9.17) is 9.47 Å². The van der Waals surface area contributed by atoms with Crippen LogP contribution >= 0.6 is 0 Å². The van der Waals surface area contributed by atoms with Crippen molar-refractivity contribution in [3.63, 3.8) is 0 Å². The number of rotatable bonds is 8. The maximum Gasteiger partial charge on any atom is 0.0945 e. The second-order valence-electron chi connectivity index (χ2n) is 5.26. The lowest BCUT2D eigenvalue weighted by molar-refractivity contribution is -0.0137. The minimum Gasteiger partial charge on any atom is -0.389 e. The highest BCUT2D eigenvalue weighted by Gasteiger charge is 2.16. The van der Waals surface area contributed by atoms with Crippen LogP contribution in [0.3, 0.4) is 0 Å². The first-order chi connectivity index (χ1) is 9.78. The van der Waals surface area contributed by atoms with Gasteiger partial charge in [0.15, 0.2) is 0 Å². The van der Waals surface area contributed by atoms with Gasteiger partial charge in [-0.25, -0.2) is 0 Å². The van der Waals surface area contributed by atoms with Crippen LogP contribution < -0.4 is 5.32 Å². The Morgan fingerprint density at radius 3 is 2.85 bits per heavy atom. The summed E-state index contributed by atoms with van der Waals surface area (Å²) < 4.78 is 11.0. The van der Waals surface area contributed by atoms with Crippen molar-refractivity contribution in [3.8, 4) is 0 Å². The van der Waals surface area contributed by atoms with Crippen molar-refractivity contribution in [1.29, 1.82) is 0 Å². The van der Waals surface area contributed by atoms with Gasteiger partial charge in [0.05, 0.1) is 25.4 Å². The number of anilines is 1. The fraction of sp³-hybridized carbons (Fsp3) is 0.625. The molecule has 2 N–H and O–H groups in total. The Hall–Kier alpha value is -1.10. The van der Waals surface area contributed by atoms with Crippen molar-refractivity contribution in [1.82, 2.24) is 0 Å². The average Bonchev–Trinajstić information content (AvgIpc) is 2.99. The lowest BCUT2D eigenvalue weighted by Gasteiger charge is -2.15. The largest absolute Gasteiger partial charge is 0.389 e. The van der Waals surface area contributed by atoms with E-state index in [1.165, 1.54) is 5.56 Å². The SMILES string of the molecule is CCc1ccc(NCC(O)COCC2CCCO2)cc1. The van der Waals surface area contributed by atoms with Gasteiger partial charge in [-0.1, -0.05) is 19.1 Å². The topological polar surface area (TPSA) is 50.7 Å². The number of benzene rings is 1. The molecule has 2 atom stereocenters. The number of aliphatic hydroxyl groups excluding tert-OH is 1. The normalized spacial score (nSPS) is 20.0. The van der Waals surface area contributed by atoms with Gasteiger partial charge < -0.3 is 19.9 Å². The minimum atomic E-state index is -0.498. The summed E-state index contributed by atoms with van der Waals surface area (Å²) in [4.78, 5) is 0. The number of hydrogen-bond acceptors (Lipinski definition) is 4. The van der Waals surface area contributed by atoms with Gasteiger partial charge in [0.25, 0.3) is 0 Å². The zero-order valence-electron chi connectivity index (χ0n) is 12.2. The summed E-state index contributed by atoms with van der Waals surface area (Å²) in [6, 6.07) is 8.28. The van der Waals surface area contributed by atoms with Gasteiger partial charge in [0, 0.05) is 18.8 Å². The standard InChI is InChI=1S/C16H25NO3/c1-2-13-5-7-14(8-6-13)17-10-15(18)11-19-12-16-4-3-9-20-16/h5-8,15-18H,2-4,9-12H2,1H3. The molecular formula is C16H25NO3. The smallest absolute Gasteiger partial charge is 0.0945 e. The van der Waals surface area contributed by atoms with E-state index in [1.807, 2.05) is 12.1 Å². The van der Waals surface area contributed by atoms with Gasteiger partial charge in [0.2, 0.25) is 0 Å². The molecule has 1 aromatic rings. The van der Waals surface area contributed by atoms with E-state index in [1.54, 1.807) is 0 Å². The molecule has 0 saturated carbocycles. The molecule has 1 heterocycles. The van der Waals surface area contributed by atoms with Crippen molar-refractivity contribution in [2.45, 2.75) is 38.4 Å². The van der Waals surface area contributed by atoms with Gasteiger partial charge in [-0.2, -0.15) is 0 Å². The van der Waals surface area contributed by atoms with Gasteiger partial charge in [0.1, 0.15) is 0 Å². The number of aryl methyl sites for hydroxylation is 1. The number of aliphatic hydroxyl groups is 1. The van der Waals surface area contributed by atoms with Crippen LogP contribution in [0.1, 0.15) is 25.3 Å². The molecule has 1 fully saturated rings. The molecule has 2 unspecified atom stereocenters. The third-order valence-corrected chi connectivity index (χ3v) is 3.54. The maximum absolute atomic E-state index is 9.86. The molecule has 0 radical (unpaired) electrons. The predicted molar refractivity (Wildman–Crippen MR) is 80.1 cm³/mol. The molecule has 1 aliphatic heterocycles. The Balaban J connectivity index is 1.59. The van der Waals surface area contributed by atoms with E-state index >= 15 is 0 Å². The molecule has 0 amide bonds. The minimum absolute atomic E-state index is 0.219. The van der Waals surface area contributed by atoms with Gasteiger partial charge in [-0.3, -0.25) is 0 Å².